The van der Waals surface area contributed by atoms with Gasteiger partial charge < -0.3 is 10.4 Å². The fraction of sp³-hybridized carbons (Fsp3) is 0.308. The molecule has 0 amide bonds. The minimum absolute atomic E-state index is 0.0316. The number of aryl methyl sites for hydroxylation is 2. The lowest BCUT2D eigenvalue weighted by Crippen LogP contribution is -2.13. The van der Waals surface area contributed by atoms with Gasteiger partial charge >= 0.3 is 5.97 Å². The molecule has 19 heavy (non-hydrogen) atoms. The molecular weight excluding hydrogens is 244 g/mol. The Morgan fingerprint density at radius 1 is 1.42 bits per heavy atom. The molecule has 6 nitrogen and oxygen atoms in total. The molecule has 2 aromatic rings. The van der Waals surface area contributed by atoms with Crippen molar-refractivity contribution in [2.45, 2.75) is 19.9 Å². The number of rotatable bonds is 4. The zero-order valence-corrected chi connectivity index (χ0v) is 11.1. The first-order valence-electron chi connectivity index (χ1n) is 5.94. The van der Waals surface area contributed by atoms with Gasteiger partial charge in [0, 0.05) is 19.4 Å². The topological polar surface area (TPSA) is 80.0 Å². The van der Waals surface area contributed by atoms with Gasteiger partial charge in [-0.2, -0.15) is 5.10 Å². The number of carboxylic acid groups (broad SMARTS) is 1. The largest absolute Gasteiger partial charge is 0.477 e. The third-order valence-corrected chi connectivity index (χ3v) is 3.00. The van der Waals surface area contributed by atoms with Gasteiger partial charge in [-0.05, 0) is 31.5 Å². The van der Waals surface area contributed by atoms with Crippen molar-refractivity contribution in [3.63, 3.8) is 0 Å². The average Bonchev–Trinajstić information content (AvgIpc) is 2.65. The first-order valence-corrected chi connectivity index (χ1v) is 5.94. The molecule has 0 aliphatic carbocycles. The maximum Gasteiger partial charge on any atom is 0.341 e. The molecular formula is C13H16N4O2. The summed E-state index contributed by atoms with van der Waals surface area (Å²) in [7, 11) is 1.72. The SMILES string of the molecule is Cc1nn(C)c(NC(C)c2ccncc2)c1C(=O)O. The fourth-order valence-corrected chi connectivity index (χ4v) is 2.02. The molecule has 0 spiro atoms. The van der Waals surface area contributed by atoms with Gasteiger partial charge in [0.1, 0.15) is 11.4 Å². The Morgan fingerprint density at radius 3 is 2.63 bits per heavy atom. The van der Waals surface area contributed by atoms with Gasteiger partial charge in [0.2, 0.25) is 0 Å². The summed E-state index contributed by atoms with van der Waals surface area (Å²) in [5, 5.41) is 16.6. The van der Waals surface area contributed by atoms with E-state index in [9.17, 15) is 9.90 Å². The van der Waals surface area contributed by atoms with E-state index in [4.69, 9.17) is 0 Å². The van der Waals surface area contributed by atoms with E-state index >= 15 is 0 Å². The lowest BCUT2D eigenvalue weighted by atomic mass is 10.1. The number of nitrogens with zero attached hydrogens (tertiary/aromatic N) is 3. The monoisotopic (exact) mass is 260 g/mol. The summed E-state index contributed by atoms with van der Waals surface area (Å²) in [5.74, 6) is -0.468. The third kappa shape index (κ3) is 2.57. The van der Waals surface area contributed by atoms with Gasteiger partial charge in [0.25, 0.3) is 0 Å². The van der Waals surface area contributed by atoms with Crippen molar-refractivity contribution < 1.29 is 9.90 Å². The molecule has 2 N–H and O–H groups in total. The molecule has 0 aliphatic heterocycles. The van der Waals surface area contributed by atoms with Gasteiger partial charge in [-0.1, -0.05) is 0 Å². The number of carboxylic acids is 1. The van der Waals surface area contributed by atoms with Crippen molar-refractivity contribution in [1.29, 1.82) is 0 Å². The highest BCUT2D eigenvalue weighted by atomic mass is 16.4. The van der Waals surface area contributed by atoms with Crippen LogP contribution in [-0.4, -0.2) is 25.8 Å². The van der Waals surface area contributed by atoms with Crippen LogP contribution < -0.4 is 5.32 Å². The van der Waals surface area contributed by atoms with Crippen LogP contribution >= 0.6 is 0 Å². The highest BCUT2D eigenvalue weighted by Gasteiger charge is 2.21. The van der Waals surface area contributed by atoms with Crippen LogP contribution in [0.25, 0.3) is 0 Å². The molecule has 1 atom stereocenters. The molecule has 0 aliphatic rings. The second kappa shape index (κ2) is 5.09. The third-order valence-electron chi connectivity index (χ3n) is 3.00. The van der Waals surface area contributed by atoms with E-state index in [0.717, 1.165) is 5.56 Å². The summed E-state index contributed by atoms with van der Waals surface area (Å²) in [4.78, 5) is 15.2. The Bertz CT molecular complexity index is 592. The zero-order valence-electron chi connectivity index (χ0n) is 11.1. The summed E-state index contributed by atoms with van der Waals surface area (Å²) in [5.41, 5.74) is 1.74. The lowest BCUT2D eigenvalue weighted by Gasteiger charge is -2.16. The van der Waals surface area contributed by atoms with E-state index < -0.39 is 5.97 Å². The number of pyridine rings is 1. The molecule has 2 aromatic heterocycles. The second-order valence-electron chi connectivity index (χ2n) is 4.38. The maximum absolute atomic E-state index is 11.3. The number of nitrogens with one attached hydrogen (secondary N) is 1. The summed E-state index contributed by atoms with van der Waals surface area (Å²) in [6.07, 6.45) is 3.42. The standard InChI is InChI=1S/C13H16N4O2/c1-8(10-4-6-14-7-5-10)15-12-11(13(18)19)9(2)16-17(12)3/h4-8,15H,1-3H3,(H,18,19). The molecule has 100 valence electrons. The minimum Gasteiger partial charge on any atom is -0.477 e. The Hall–Kier alpha value is -2.37. The second-order valence-corrected chi connectivity index (χ2v) is 4.38. The highest BCUT2D eigenvalue weighted by Crippen LogP contribution is 2.24. The van der Waals surface area contributed by atoms with E-state index in [-0.39, 0.29) is 11.6 Å². The van der Waals surface area contributed by atoms with Crippen molar-refractivity contribution >= 4 is 11.8 Å². The first kappa shape index (κ1) is 13.1. The molecule has 0 aromatic carbocycles. The number of anilines is 1. The predicted octanol–water partition coefficient (Wildman–Crippen LogP) is 1.99. The van der Waals surface area contributed by atoms with Gasteiger partial charge in [-0.15, -0.1) is 0 Å². The molecule has 6 heteroatoms. The van der Waals surface area contributed by atoms with Crippen LogP contribution in [0.5, 0.6) is 0 Å². The van der Waals surface area contributed by atoms with Crippen LogP contribution in [0.1, 0.15) is 34.6 Å². The molecule has 2 heterocycles. The van der Waals surface area contributed by atoms with Gasteiger partial charge in [-0.25, -0.2) is 4.79 Å². The molecule has 1 unspecified atom stereocenters. The van der Waals surface area contributed by atoms with Gasteiger partial charge in [0.15, 0.2) is 0 Å². The molecule has 0 bridgehead atoms. The number of carbonyl (C=O) groups is 1. The summed E-state index contributed by atoms with van der Waals surface area (Å²) < 4.78 is 1.55. The summed E-state index contributed by atoms with van der Waals surface area (Å²) in [6, 6.07) is 3.75. The molecule has 0 radical (unpaired) electrons. The Balaban J connectivity index is 2.31. The van der Waals surface area contributed by atoms with Crippen molar-refractivity contribution in [2.75, 3.05) is 5.32 Å². The van der Waals surface area contributed by atoms with Crippen LogP contribution in [0.4, 0.5) is 5.82 Å². The van der Waals surface area contributed by atoms with Crippen molar-refractivity contribution in [2.24, 2.45) is 7.05 Å². The summed E-state index contributed by atoms with van der Waals surface area (Å²) in [6.45, 7) is 3.65. The van der Waals surface area contributed by atoms with Crippen molar-refractivity contribution in [1.82, 2.24) is 14.8 Å². The van der Waals surface area contributed by atoms with E-state index in [1.807, 2.05) is 19.1 Å². The number of aromatic nitrogens is 3. The van der Waals surface area contributed by atoms with Gasteiger partial charge in [-0.3, -0.25) is 9.67 Å². The predicted molar refractivity (Wildman–Crippen MR) is 71.2 cm³/mol. The van der Waals surface area contributed by atoms with E-state index in [1.165, 1.54) is 0 Å². The zero-order chi connectivity index (χ0) is 14.0. The Labute approximate surface area is 111 Å². The normalized spacial score (nSPS) is 12.2. The van der Waals surface area contributed by atoms with Crippen LogP contribution in [-0.2, 0) is 7.05 Å². The van der Waals surface area contributed by atoms with Crippen LogP contribution in [0.2, 0.25) is 0 Å². The molecule has 0 saturated heterocycles. The van der Waals surface area contributed by atoms with Crippen LogP contribution in [0.15, 0.2) is 24.5 Å². The maximum atomic E-state index is 11.3. The van der Waals surface area contributed by atoms with E-state index in [1.54, 1.807) is 31.0 Å². The summed E-state index contributed by atoms with van der Waals surface area (Å²) >= 11 is 0. The van der Waals surface area contributed by atoms with Crippen LogP contribution in [0, 0.1) is 6.92 Å². The number of aromatic carboxylic acids is 1. The Kier molecular flexibility index (Phi) is 3.50. The fourth-order valence-electron chi connectivity index (χ4n) is 2.02. The Morgan fingerprint density at radius 2 is 2.05 bits per heavy atom. The van der Waals surface area contributed by atoms with E-state index in [0.29, 0.717) is 11.5 Å². The van der Waals surface area contributed by atoms with Crippen molar-refractivity contribution in [3.05, 3.63) is 41.3 Å². The average molecular weight is 260 g/mol. The molecule has 2 rings (SSSR count). The lowest BCUT2D eigenvalue weighted by molar-refractivity contribution is 0.0697. The number of hydrogen-bond acceptors (Lipinski definition) is 4. The minimum atomic E-state index is -0.977. The van der Waals surface area contributed by atoms with E-state index in [2.05, 4.69) is 15.4 Å². The highest BCUT2D eigenvalue weighted by molar-refractivity contribution is 5.94. The molecule has 0 fully saturated rings. The van der Waals surface area contributed by atoms with Gasteiger partial charge in [0.05, 0.1) is 11.7 Å². The molecule has 0 saturated carbocycles. The quantitative estimate of drug-likeness (QED) is 0.878. The number of hydrogen-bond donors (Lipinski definition) is 2. The smallest absolute Gasteiger partial charge is 0.341 e. The van der Waals surface area contributed by atoms with Crippen LogP contribution in [0.3, 0.4) is 0 Å². The van der Waals surface area contributed by atoms with Crippen molar-refractivity contribution in [3.8, 4) is 0 Å². The first-order chi connectivity index (χ1) is 9.00.